The van der Waals surface area contributed by atoms with Gasteiger partial charge < -0.3 is 0 Å². The summed E-state index contributed by atoms with van der Waals surface area (Å²) in [6.07, 6.45) is 2.87. The normalized spacial score (nSPS) is 19.3. The molecule has 5 nitrogen and oxygen atoms in total. The summed E-state index contributed by atoms with van der Waals surface area (Å²) >= 11 is 2.38. The molecule has 0 aliphatic carbocycles. The van der Waals surface area contributed by atoms with Crippen molar-refractivity contribution in [1.82, 2.24) is 4.98 Å². The van der Waals surface area contributed by atoms with Gasteiger partial charge in [0.25, 0.3) is 0 Å². The summed E-state index contributed by atoms with van der Waals surface area (Å²) < 4.78 is 13.6. The Bertz CT molecular complexity index is 1030. The van der Waals surface area contributed by atoms with Gasteiger partial charge in [0, 0.05) is 0 Å². The van der Waals surface area contributed by atoms with Gasteiger partial charge in [-0.1, -0.05) is 0 Å². The molecule has 4 rings (SSSR count). The van der Waals surface area contributed by atoms with Gasteiger partial charge in [0.1, 0.15) is 0 Å². The number of rotatable bonds is 2. The third-order valence-electron chi connectivity index (χ3n) is 4.81. The number of anilines is 3. The van der Waals surface area contributed by atoms with E-state index in [1.807, 2.05) is 24.4 Å². The molecule has 2 aromatic carbocycles. The summed E-state index contributed by atoms with van der Waals surface area (Å²) in [6, 6.07) is 12.4. The van der Waals surface area contributed by atoms with Crippen LogP contribution in [0.4, 0.5) is 17.2 Å². The van der Waals surface area contributed by atoms with Crippen molar-refractivity contribution in [2.45, 2.75) is 28.4 Å². The van der Waals surface area contributed by atoms with Crippen LogP contribution in [0.15, 0.2) is 42.6 Å². The molecule has 1 aromatic heterocycles. The Balaban J connectivity index is 1.87. The minimum absolute atomic E-state index is 0.134. The zero-order valence-electron chi connectivity index (χ0n) is 16.6. The van der Waals surface area contributed by atoms with E-state index in [-0.39, 0.29) is 25.3 Å². The van der Waals surface area contributed by atoms with Crippen LogP contribution in [-0.2, 0) is 0 Å². The molecule has 0 spiro atoms. The van der Waals surface area contributed by atoms with E-state index in [1.165, 1.54) is 16.6 Å². The van der Waals surface area contributed by atoms with E-state index in [9.17, 15) is 0 Å². The van der Waals surface area contributed by atoms with Gasteiger partial charge in [-0.05, 0) is 0 Å². The Hall–Kier alpha value is -1.49. The summed E-state index contributed by atoms with van der Waals surface area (Å²) in [5.74, 6) is 2.44. The van der Waals surface area contributed by atoms with Gasteiger partial charge in [0.15, 0.2) is 0 Å². The molecule has 2 heterocycles. The molecule has 0 saturated carbocycles. The Labute approximate surface area is 195 Å². The van der Waals surface area contributed by atoms with Crippen LogP contribution in [0.25, 0.3) is 10.8 Å². The Morgan fingerprint density at radius 1 is 1.24 bits per heavy atom. The van der Waals surface area contributed by atoms with E-state index in [4.69, 9.17) is 9.47 Å². The van der Waals surface area contributed by atoms with E-state index < -0.39 is 0 Å². The number of aromatic nitrogens is 1. The first-order valence-corrected chi connectivity index (χ1v) is 13.6. The number of hydrogen-bond donors (Lipinski definition) is 2. The van der Waals surface area contributed by atoms with Crippen molar-refractivity contribution in [3.05, 3.63) is 48.2 Å². The summed E-state index contributed by atoms with van der Waals surface area (Å²) in [5.41, 5.74) is 3.34. The molecular weight excluding hydrogens is 592 g/mol. The average Bonchev–Trinajstić information content (AvgIpc) is 2.72. The molecule has 1 aliphatic rings. The zero-order valence-corrected chi connectivity index (χ0v) is 20.9. The second-order valence-corrected chi connectivity index (χ2v) is 11.5. The van der Waals surface area contributed by atoms with Gasteiger partial charge in [0.05, 0.1) is 0 Å². The molecule has 7 heteroatoms. The molecular formula is C22H24I2N3O2-. The van der Waals surface area contributed by atoms with Gasteiger partial charge in [-0.15, -0.1) is 0 Å². The zero-order chi connectivity index (χ0) is 20.4. The number of fused-ring (bicyclic) bond motifs is 2. The second kappa shape index (κ2) is 9.11. The number of nitrogens with one attached hydrogen (secondary N) is 2. The number of ether oxygens (including phenoxy) is 2. The molecule has 29 heavy (non-hydrogen) atoms. The standard InChI is InChI=1S/C22H24I2N3O2/c1-4-20-24-12-19(23)27-21-13(2)5-6-18-17(21)7-8-25-22(18)26-14-9-15(28-3)11-16(10-14)29-20/h5-11,19-20,27H,4,12H2,1-3H3,(H,25,26)/q-1/t19-,20-/m0/s1. The predicted molar refractivity (Wildman–Crippen MR) is 124 cm³/mol. The fourth-order valence-corrected chi connectivity index (χ4v) is 7.30. The fourth-order valence-electron chi connectivity index (χ4n) is 3.37. The number of benzene rings is 2. The molecule has 0 amide bonds. The van der Waals surface area contributed by atoms with Gasteiger partial charge >= 0.3 is 196 Å². The topological polar surface area (TPSA) is 55.4 Å². The maximum atomic E-state index is 6.36. The average molecular weight is 616 g/mol. The first kappa shape index (κ1) is 20.8. The Kier molecular flexibility index (Phi) is 6.53. The quantitative estimate of drug-likeness (QED) is 0.264. The molecule has 0 unspecified atom stereocenters. The molecule has 154 valence electrons. The molecule has 1 aliphatic heterocycles. The van der Waals surface area contributed by atoms with Crippen molar-refractivity contribution >= 4 is 50.6 Å². The number of alkyl halides is 3. The Morgan fingerprint density at radius 2 is 2.10 bits per heavy atom. The third-order valence-corrected chi connectivity index (χ3v) is 10.8. The van der Waals surface area contributed by atoms with Crippen molar-refractivity contribution in [3.63, 3.8) is 0 Å². The van der Waals surface area contributed by atoms with Crippen LogP contribution in [-0.4, -0.2) is 24.7 Å². The van der Waals surface area contributed by atoms with E-state index in [2.05, 4.69) is 70.3 Å². The number of nitrogens with zero attached hydrogens (tertiary/aromatic N) is 1. The first-order chi connectivity index (χ1) is 14.1. The molecule has 0 radical (unpaired) electrons. The van der Waals surface area contributed by atoms with Crippen molar-refractivity contribution in [1.29, 1.82) is 0 Å². The van der Waals surface area contributed by atoms with E-state index >= 15 is 0 Å². The van der Waals surface area contributed by atoms with Gasteiger partial charge in [-0.25, -0.2) is 0 Å². The summed E-state index contributed by atoms with van der Waals surface area (Å²) in [6.45, 7) is 4.35. The summed E-state index contributed by atoms with van der Waals surface area (Å²) in [7, 11) is 1.68. The first-order valence-electron chi connectivity index (χ1n) is 9.56. The predicted octanol–water partition coefficient (Wildman–Crippen LogP) is 2.69. The van der Waals surface area contributed by atoms with Crippen molar-refractivity contribution in [2.75, 3.05) is 22.2 Å². The fraction of sp³-hybridized carbons (Fsp3) is 0.318. The van der Waals surface area contributed by atoms with E-state index in [0.717, 1.165) is 39.2 Å². The van der Waals surface area contributed by atoms with Crippen molar-refractivity contribution < 1.29 is 30.7 Å². The monoisotopic (exact) mass is 616 g/mol. The molecule has 6 bridgehead atoms. The van der Waals surface area contributed by atoms with E-state index in [1.54, 1.807) is 7.11 Å². The number of aryl methyl sites for hydroxylation is 1. The van der Waals surface area contributed by atoms with Crippen LogP contribution in [0.1, 0.15) is 18.9 Å². The van der Waals surface area contributed by atoms with Gasteiger partial charge in [0.2, 0.25) is 0 Å². The van der Waals surface area contributed by atoms with Crippen LogP contribution in [0.5, 0.6) is 11.5 Å². The second-order valence-electron chi connectivity index (χ2n) is 6.89. The van der Waals surface area contributed by atoms with Crippen LogP contribution in [0, 0.1) is 6.92 Å². The summed E-state index contributed by atoms with van der Waals surface area (Å²) in [5, 5.41) is 9.51. The van der Waals surface area contributed by atoms with Crippen LogP contribution in [0.2, 0.25) is 0 Å². The SMILES string of the molecule is CC[C@@H]1Oc2cc(cc(OC)c2)Nc2nccc3c(c(C)ccc23)N[C@H](I)C[I-]1. The van der Waals surface area contributed by atoms with E-state index in [0.29, 0.717) is 4.05 Å². The number of halogens is 2. The van der Waals surface area contributed by atoms with Gasteiger partial charge in [-0.2, -0.15) is 0 Å². The van der Waals surface area contributed by atoms with Crippen molar-refractivity contribution in [3.8, 4) is 11.5 Å². The molecule has 2 atom stereocenters. The molecule has 2 N–H and O–H groups in total. The maximum absolute atomic E-state index is 6.36. The van der Waals surface area contributed by atoms with Crippen LogP contribution < -0.4 is 41.3 Å². The van der Waals surface area contributed by atoms with Crippen LogP contribution in [0.3, 0.4) is 0 Å². The third kappa shape index (κ3) is 4.65. The molecule has 3 aromatic rings. The molecule has 0 fully saturated rings. The minimum atomic E-state index is -0.134. The van der Waals surface area contributed by atoms with Gasteiger partial charge in [-0.3, -0.25) is 0 Å². The van der Waals surface area contributed by atoms with Crippen LogP contribution >= 0.6 is 22.6 Å². The number of hydrogen-bond acceptors (Lipinski definition) is 5. The number of methoxy groups -OCH3 is 1. The Morgan fingerprint density at radius 3 is 2.90 bits per heavy atom. The molecule has 0 saturated heterocycles. The number of pyridine rings is 1. The van der Waals surface area contributed by atoms with Crippen molar-refractivity contribution in [2.24, 2.45) is 0 Å². The summed E-state index contributed by atoms with van der Waals surface area (Å²) in [4.78, 5) is 4.61.